The second-order valence-corrected chi connectivity index (χ2v) is 8.74. The summed E-state index contributed by atoms with van der Waals surface area (Å²) >= 11 is 0. The molecule has 4 aliphatic carbocycles. The van der Waals surface area contributed by atoms with E-state index in [9.17, 15) is 5.11 Å². The summed E-state index contributed by atoms with van der Waals surface area (Å²) < 4.78 is 0. The second-order valence-electron chi connectivity index (χ2n) is 8.74. The van der Waals surface area contributed by atoms with Crippen LogP contribution >= 0.6 is 0 Å². The maximum Gasteiger partial charge on any atom is 0.0577 e. The zero-order valence-corrected chi connectivity index (χ0v) is 13.2. The quantitative estimate of drug-likeness (QED) is 0.635. The Labute approximate surface area is 123 Å². The number of allylic oxidation sites excluding steroid dienone is 1. The Bertz CT molecular complexity index is 439. The first-order valence-corrected chi connectivity index (χ1v) is 8.90. The first-order valence-electron chi connectivity index (χ1n) is 8.90. The van der Waals surface area contributed by atoms with Gasteiger partial charge in [-0.05, 0) is 80.0 Å². The fraction of sp³-hybridized carbons (Fsp3) is 0.895. The Hall–Kier alpha value is -0.300. The number of aliphatic hydroxyl groups excluding tert-OH is 1. The maximum absolute atomic E-state index is 10.0. The molecule has 1 N–H and O–H groups in total. The summed E-state index contributed by atoms with van der Waals surface area (Å²) in [6, 6.07) is 0. The van der Waals surface area contributed by atoms with Gasteiger partial charge in [0.1, 0.15) is 0 Å². The van der Waals surface area contributed by atoms with E-state index in [1.165, 1.54) is 44.9 Å². The van der Waals surface area contributed by atoms with Crippen LogP contribution in [-0.2, 0) is 0 Å². The van der Waals surface area contributed by atoms with Crippen molar-refractivity contribution in [3.8, 4) is 0 Å². The molecule has 0 radical (unpaired) electrons. The van der Waals surface area contributed by atoms with Gasteiger partial charge in [0.05, 0.1) is 6.10 Å². The third-order valence-corrected chi connectivity index (χ3v) is 7.86. The average molecular weight is 274 g/mol. The topological polar surface area (TPSA) is 20.2 Å². The third-order valence-electron chi connectivity index (χ3n) is 7.86. The van der Waals surface area contributed by atoms with Crippen LogP contribution in [0.2, 0.25) is 0 Å². The van der Waals surface area contributed by atoms with E-state index in [0.29, 0.717) is 10.8 Å². The molecule has 1 heteroatoms. The van der Waals surface area contributed by atoms with Crippen LogP contribution in [0.1, 0.15) is 71.6 Å². The molecule has 0 heterocycles. The van der Waals surface area contributed by atoms with Gasteiger partial charge in [0.25, 0.3) is 0 Å². The summed E-state index contributed by atoms with van der Waals surface area (Å²) in [5.74, 6) is 2.84. The minimum absolute atomic E-state index is 0.0637. The smallest absolute Gasteiger partial charge is 0.0577 e. The lowest BCUT2D eigenvalue weighted by Gasteiger charge is -2.57. The molecule has 1 nitrogen and oxygen atoms in total. The molecule has 0 saturated heterocycles. The fourth-order valence-electron chi connectivity index (χ4n) is 6.63. The molecule has 4 aliphatic rings. The van der Waals surface area contributed by atoms with Gasteiger partial charge in [-0.15, -0.1) is 0 Å². The molecular weight excluding hydrogens is 244 g/mol. The molecule has 0 amide bonds. The predicted molar refractivity (Wildman–Crippen MR) is 82.3 cm³/mol. The summed E-state index contributed by atoms with van der Waals surface area (Å²) in [6.07, 6.45) is 14.3. The van der Waals surface area contributed by atoms with Gasteiger partial charge in [-0.25, -0.2) is 0 Å². The Morgan fingerprint density at radius 3 is 2.75 bits per heavy atom. The van der Waals surface area contributed by atoms with Gasteiger partial charge in [0.2, 0.25) is 0 Å². The van der Waals surface area contributed by atoms with Gasteiger partial charge in [-0.3, -0.25) is 0 Å². The number of hydrogen-bond acceptors (Lipinski definition) is 1. The van der Waals surface area contributed by atoms with E-state index in [0.717, 1.165) is 30.6 Å². The Kier molecular flexibility index (Phi) is 2.91. The van der Waals surface area contributed by atoms with E-state index in [1.54, 1.807) is 5.57 Å². The molecule has 0 aromatic carbocycles. The van der Waals surface area contributed by atoms with Crippen LogP contribution in [0, 0.1) is 28.6 Å². The Balaban J connectivity index is 1.68. The monoisotopic (exact) mass is 274 g/mol. The van der Waals surface area contributed by atoms with Crippen molar-refractivity contribution in [2.45, 2.75) is 77.7 Å². The van der Waals surface area contributed by atoms with Gasteiger partial charge < -0.3 is 5.11 Å². The number of rotatable bonds is 0. The van der Waals surface area contributed by atoms with Crippen LogP contribution in [-0.4, -0.2) is 11.2 Å². The lowest BCUT2D eigenvalue weighted by molar-refractivity contribution is -0.0360. The molecule has 112 valence electrons. The SMILES string of the molecule is C[C@]12CCC[C@H]1[C@H]1CC=C3C[C@@H](O)CC[C@]3(C)[C@H]1CC2. The highest BCUT2D eigenvalue weighted by Crippen LogP contribution is 2.64. The fourth-order valence-corrected chi connectivity index (χ4v) is 6.63. The van der Waals surface area contributed by atoms with Crippen LogP contribution < -0.4 is 0 Å². The highest BCUT2D eigenvalue weighted by molar-refractivity contribution is 5.25. The molecule has 0 aliphatic heterocycles. The van der Waals surface area contributed by atoms with Crippen molar-refractivity contribution in [1.29, 1.82) is 0 Å². The van der Waals surface area contributed by atoms with Crippen LogP contribution in [0.25, 0.3) is 0 Å². The van der Waals surface area contributed by atoms with Crippen LogP contribution in [0.4, 0.5) is 0 Å². The summed E-state index contributed by atoms with van der Waals surface area (Å²) in [5.41, 5.74) is 2.70. The molecule has 4 rings (SSSR count). The number of fused-ring (bicyclic) bond motifs is 5. The van der Waals surface area contributed by atoms with E-state index < -0.39 is 0 Å². The van der Waals surface area contributed by atoms with Crippen molar-refractivity contribution in [3.05, 3.63) is 11.6 Å². The third kappa shape index (κ3) is 1.71. The summed E-state index contributed by atoms with van der Waals surface area (Å²) in [4.78, 5) is 0. The van der Waals surface area contributed by atoms with Gasteiger partial charge in [0.15, 0.2) is 0 Å². The van der Waals surface area contributed by atoms with Crippen molar-refractivity contribution in [2.24, 2.45) is 28.6 Å². The first-order chi connectivity index (χ1) is 9.53. The molecule has 0 aromatic rings. The van der Waals surface area contributed by atoms with Crippen LogP contribution in [0.5, 0.6) is 0 Å². The Morgan fingerprint density at radius 2 is 1.90 bits per heavy atom. The number of hydrogen-bond donors (Lipinski definition) is 1. The van der Waals surface area contributed by atoms with E-state index in [2.05, 4.69) is 19.9 Å². The summed E-state index contributed by atoms with van der Waals surface area (Å²) in [7, 11) is 0. The molecule has 0 spiro atoms. The van der Waals surface area contributed by atoms with Crippen LogP contribution in [0.3, 0.4) is 0 Å². The van der Waals surface area contributed by atoms with E-state index in [-0.39, 0.29) is 6.10 Å². The highest BCUT2D eigenvalue weighted by Gasteiger charge is 2.55. The largest absolute Gasteiger partial charge is 0.393 e. The van der Waals surface area contributed by atoms with Gasteiger partial charge >= 0.3 is 0 Å². The van der Waals surface area contributed by atoms with E-state index in [1.807, 2.05) is 0 Å². The van der Waals surface area contributed by atoms with Gasteiger partial charge in [-0.2, -0.15) is 0 Å². The second kappa shape index (κ2) is 4.35. The first kappa shape index (κ1) is 13.4. The number of aliphatic hydroxyl groups is 1. The van der Waals surface area contributed by atoms with Crippen molar-refractivity contribution < 1.29 is 5.11 Å². The maximum atomic E-state index is 10.0. The molecule has 0 unspecified atom stereocenters. The molecular formula is C19H30O. The van der Waals surface area contributed by atoms with Crippen molar-refractivity contribution >= 4 is 0 Å². The van der Waals surface area contributed by atoms with E-state index >= 15 is 0 Å². The van der Waals surface area contributed by atoms with Gasteiger partial charge in [0, 0.05) is 0 Å². The molecule has 3 fully saturated rings. The zero-order chi connectivity index (χ0) is 14.0. The van der Waals surface area contributed by atoms with Crippen molar-refractivity contribution in [1.82, 2.24) is 0 Å². The average Bonchev–Trinajstić information content (AvgIpc) is 2.81. The lowest BCUT2D eigenvalue weighted by atomic mass is 9.48. The standard InChI is InChI=1S/C19H30O/c1-18-9-3-4-16(18)15-6-5-13-12-14(20)7-11-19(13,2)17(15)8-10-18/h5,14-17,20H,3-4,6-12H2,1-2H3/t14-,15+,16-,17-,18+,19-/m0/s1. The van der Waals surface area contributed by atoms with Gasteiger partial charge in [-0.1, -0.05) is 31.9 Å². The molecule has 0 bridgehead atoms. The molecule has 6 atom stereocenters. The normalized spacial score (nSPS) is 54.6. The van der Waals surface area contributed by atoms with Crippen molar-refractivity contribution in [3.63, 3.8) is 0 Å². The molecule has 0 aromatic heterocycles. The molecule has 3 saturated carbocycles. The predicted octanol–water partition coefficient (Wildman–Crippen LogP) is 4.70. The zero-order valence-electron chi connectivity index (χ0n) is 13.2. The Morgan fingerprint density at radius 1 is 1.05 bits per heavy atom. The van der Waals surface area contributed by atoms with E-state index in [4.69, 9.17) is 0 Å². The molecule has 20 heavy (non-hydrogen) atoms. The highest BCUT2D eigenvalue weighted by atomic mass is 16.3. The van der Waals surface area contributed by atoms with Crippen LogP contribution in [0.15, 0.2) is 11.6 Å². The van der Waals surface area contributed by atoms with Crippen molar-refractivity contribution in [2.75, 3.05) is 0 Å². The summed E-state index contributed by atoms with van der Waals surface area (Å²) in [5, 5.41) is 10.0. The lowest BCUT2D eigenvalue weighted by Crippen LogP contribution is -2.49. The summed E-state index contributed by atoms with van der Waals surface area (Å²) in [6.45, 7) is 5.10. The minimum atomic E-state index is -0.0637. The minimum Gasteiger partial charge on any atom is -0.393 e.